The predicted octanol–water partition coefficient (Wildman–Crippen LogP) is 0.194. The fourth-order valence-electron chi connectivity index (χ4n) is 1.84. The summed E-state index contributed by atoms with van der Waals surface area (Å²) in [6, 6.07) is 5.48. The van der Waals surface area contributed by atoms with Crippen LogP contribution in [-0.2, 0) is 9.53 Å². The summed E-state index contributed by atoms with van der Waals surface area (Å²) in [7, 11) is 0. The quantitative estimate of drug-likeness (QED) is 0.731. The van der Waals surface area contributed by atoms with Gasteiger partial charge in [0.2, 0.25) is 0 Å². The molecule has 96 valence electrons. The summed E-state index contributed by atoms with van der Waals surface area (Å²) >= 11 is 0. The average Bonchev–Trinajstić information content (AvgIpc) is 2.39. The van der Waals surface area contributed by atoms with Gasteiger partial charge in [0.05, 0.1) is 13.2 Å². The molecule has 6 nitrogen and oxygen atoms in total. The third kappa shape index (κ3) is 2.43. The van der Waals surface area contributed by atoms with E-state index >= 15 is 0 Å². The number of morpholine rings is 1. The Kier molecular flexibility index (Phi) is 3.47. The molecule has 0 aliphatic carbocycles. The fourth-order valence-corrected chi connectivity index (χ4v) is 1.84. The predicted molar refractivity (Wildman–Crippen MR) is 64.1 cm³/mol. The van der Waals surface area contributed by atoms with Gasteiger partial charge in [0.15, 0.2) is 6.04 Å². The molecule has 1 fully saturated rings. The highest BCUT2D eigenvalue weighted by atomic mass is 16.5. The number of carboxylic acids is 1. The van der Waals surface area contributed by atoms with Gasteiger partial charge in [-0.15, -0.1) is 0 Å². The highest BCUT2D eigenvalue weighted by Crippen LogP contribution is 2.14. The van der Waals surface area contributed by atoms with E-state index in [0.29, 0.717) is 17.9 Å². The van der Waals surface area contributed by atoms with Crippen LogP contribution in [0.3, 0.4) is 0 Å². The SMILES string of the molecule is Nc1ccc(C(=O)N2CCOCC2C(=O)O)cc1. The molecule has 3 N–H and O–H groups in total. The highest BCUT2D eigenvalue weighted by molar-refractivity contribution is 5.97. The van der Waals surface area contributed by atoms with Crippen LogP contribution in [0, 0.1) is 0 Å². The second-order valence-corrected chi connectivity index (χ2v) is 4.05. The normalized spacial score (nSPS) is 19.6. The van der Waals surface area contributed by atoms with Crippen molar-refractivity contribution in [2.24, 2.45) is 0 Å². The van der Waals surface area contributed by atoms with E-state index in [9.17, 15) is 9.59 Å². The van der Waals surface area contributed by atoms with Crippen LogP contribution in [0.15, 0.2) is 24.3 Å². The number of hydrogen-bond acceptors (Lipinski definition) is 4. The first-order valence-electron chi connectivity index (χ1n) is 5.56. The molecule has 0 radical (unpaired) electrons. The van der Waals surface area contributed by atoms with Gasteiger partial charge in [-0.1, -0.05) is 0 Å². The van der Waals surface area contributed by atoms with E-state index in [-0.39, 0.29) is 19.1 Å². The molecule has 1 aromatic rings. The molecular formula is C12H14N2O4. The molecule has 0 spiro atoms. The molecule has 1 saturated heterocycles. The number of nitrogens with zero attached hydrogens (tertiary/aromatic N) is 1. The first kappa shape index (κ1) is 12.4. The first-order valence-corrected chi connectivity index (χ1v) is 5.56. The van der Waals surface area contributed by atoms with Gasteiger partial charge in [-0.3, -0.25) is 4.79 Å². The average molecular weight is 250 g/mol. The summed E-state index contributed by atoms with van der Waals surface area (Å²) in [6.07, 6.45) is 0. The molecule has 1 aliphatic heterocycles. The molecule has 0 aromatic heterocycles. The topological polar surface area (TPSA) is 92.9 Å². The Morgan fingerprint density at radius 2 is 2.00 bits per heavy atom. The van der Waals surface area contributed by atoms with Gasteiger partial charge in [-0.05, 0) is 24.3 Å². The zero-order valence-corrected chi connectivity index (χ0v) is 9.70. The monoisotopic (exact) mass is 250 g/mol. The van der Waals surface area contributed by atoms with E-state index in [1.807, 2.05) is 0 Å². The lowest BCUT2D eigenvalue weighted by atomic mass is 10.1. The van der Waals surface area contributed by atoms with Gasteiger partial charge < -0.3 is 20.5 Å². The Morgan fingerprint density at radius 3 is 2.61 bits per heavy atom. The number of anilines is 1. The number of benzene rings is 1. The number of carbonyl (C=O) groups is 2. The van der Waals surface area contributed by atoms with Crippen molar-refractivity contribution in [1.29, 1.82) is 0 Å². The van der Waals surface area contributed by atoms with Crippen LogP contribution in [0.2, 0.25) is 0 Å². The second kappa shape index (κ2) is 5.05. The van der Waals surface area contributed by atoms with E-state index in [2.05, 4.69) is 0 Å². The van der Waals surface area contributed by atoms with E-state index in [4.69, 9.17) is 15.6 Å². The number of ether oxygens (including phenoxy) is 1. The van der Waals surface area contributed by atoms with Crippen molar-refractivity contribution in [3.05, 3.63) is 29.8 Å². The maximum Gasteiger partial charge on any atom is 0.328 e. The molecule has 0 bridgehead atoms. The molecule has 1 aromatic carbocycles. The summed E-state index contributed by atoms with van der Waals surface area (Å²) in [5.41, 5.74) is 6.53. The number of nitrogens with two attached hydrogens (primary N) is 1. The molecule has 1 amide bonds. The van der Waals surface area contributed by atoms with Gasteiger partial charge in [0.25, 0.3) is 5.91 Å². The van der Waals surface area contributed by atoms with Crippen molar-refractivity contribution in [2.75, 3.05) is 25.5 Å². The maximum atomic E-state index is 12.2. The van der Waals surface area contributed by atoms with E-state index < -0.39 is 12.0 Å². The smallest absolute Gasteiger partial charge is 0.328 e. The second-order valence-electron chi connectivity index (χ2n) is 4.05. The lowest BCUT2D eigenvalue weighted by Gasteiger charge is -2.32. The van der Waals surface area contributed by atoms with Crippen molar-refractivity contribution in [3.63, 3.8) is 0 Å². The lowest BCUT2D eigenvalue weighted by molar-refractivity contribution is -0.147. The Hall–Kier alpha value is -2.08. The molecule has 1 heterocycles. The lowest BCUT2D eigenvalue weighted by Crippen LogP contribution is -2.52. The molecular weight excluding hydrogens is 236 g/mol. The minimum Gasteiger partial charge on any atom is -0.480 e. The van der Waals surface area contributed by atoms with Gasteiger partial charge >= 0.3 is 5.97 Å². The van der Waals surface area contributed by atoms with Gasteiger partial charge in [0, 0.05) is 17.8 Å². The number of carbonyl (C=O) groups excluding carboxylic acids is 1. The fraction of sp³-hybridized carbons (Fsp3) is 0.333. The van der Waals surface area contributed by atoms with E-state index in [1.54, 1.807) is 24.3 Å². The van der Waals surface area contributed by atoms with Crippen molar-refractivity contribution >= 4 is 17.6 Å². The number of carboxylic acid groups (broad SMARTS) is 1. The number of nitrogen functional groups attached to an aromatic ring is 1. The third-order valence-corrected chi connectivity index (χ3v) is 2.83. The highest BCUT2D eigenvalue weighted by Gasteiger charge is 2.33. The Morgan fingerprint density at radius 1 is 1.33 bits per heavy atom. The summed E-state index contributed by atoms with van der Waals surface area (Å²) < 4.78 is 5.08. The maximum absolute atomic E-state index is 12.2. The standard InChI is InChI=1S/C12H14N2O4/c13-9-3-1-8(2-4-9)11(15)14-5-6-18-7-10(14)12(16)17/h1-4,10H,5-7,13H2,(H,16,17). The summed E-state index contributed by atoms with van der Waals surface area (Å²) in [5.74, 6) is -1.37. The summed E-state index contributed by atoms with van der Waals surface area (Å²) in [5, 5.41) is 9.05. The number of amides is 1. The van der Waals surface area contributed by atoms with E-state index in [0.717, 1.165) is 0 Å². The largest absolute Gasteiger partial charge is 0.480 e. The molecule has 18 heavy (non-hydrogen) atoms. The zero-order chi connectivity index (χ0) is 13.1. The minimum atomic E-state index is -1.06. The first-order chi connectivity index (χ1) is 8.59. The van der Waals surface area contributed by atoms with Crippen LogP contribution >= 0.6 is 0 Å². The van der Waals surface area contributed by atoms with Crippen LogP contribution in [0.5, 0.6) is 0 Å². The Balaban J connectivity index is 2.20. The van der Waals surface area contributed by atoms with Gasteiger partial charge in [0.1, 0.15) is 0 Å². The molecule has 6 heteroatoms. The van der Waals surface area contributed by atoms with Crippen LogP contribution < -0.4 is 5.73 Å². The van der Waals surface area contributed by atoms with Crippen LogP contribution in [-0.4, -0.2) is 47.7 Å². The molecule has 0 saturated carbocycles. The number of hydrogen-bond donors (Lipinski definition) is 2. The molecule has 1 aliphatic rings. The van der Waals surface area contributed by atoms with Crippen molar-refractivity contribution in [2.45, 2.75) is 6.04 Å². The van der Waals surface area contributed by atoms with Crippen molar-refractivity contribution in [3.8, 4) is 0 Å². The van der Waals surface area contributed by atoms with Crippen LogP contribution in [0.4, 0.5) is 5.69 Å². The number of rotatable bonds is 2. The summed E-state index contributed by atoms with van der Waals surface area (Å²) in [4.78, 5) is 24.6. The van der Waals surface area contributed by atoms with Gasteiger partial charge in [-0.2, -0.15) is 0 Å². The number of aliphatic carboxylic acids is 1. The van der Waals surface area contributed by atoms with Crippen LogP contribution in [0.25, 0.3) is 0 Å². The molecule has 1 unspecified atom stereocenters. The summed E-state index contributed by atoms with van der Waals surface area (Å²) in [6.45, 7) is 0.653. The molecule has 1 atom stereocenters. The van der Waals surface area contributed by atoms with Crippen LogP contribution in [0.1, 0.15) is 10.4 Å². The third-order valence-electron chi connectivity index (χ3n) is 2.83. The zero-order valence-electron chi connectivity index (χ0n) is 9.70. The van der Waals surface area contributed by atoms with E-state index in [1.165, 1.54) is 4.90 Å². The molecule has 2 rings (SSSR count). The Labute approximate surface area is 104 Å². The van der Waals surface area contributed by atoms with Crippen molar-refractivity contribution in [1.82, 2.24) is 4.90 Å². The minimum absolute atomic E-state index is 0.0239. The van der Waals surface area contributed by atoms with Crippen molar-refractivity contribution < 1.29 is 19.4 Å². The Bertz CT molecular complexity index is 458. The van der Waals surface area contributed by atoms with Gasteiger partial charge in [-0.25, -0.2) is 4.79 Å².